The van der Waals surface area contributed by atoms with Gasteiger partial charge in [0.25, 0.3) is 0 Å². The zero-order valence-corrected chi connectivity index (χ0v) is 13.5. The lowest BCUT2D eigenvalue weighted by Gasteiger charge is -1.98. The number of aryl methyl sites for hydroxylation is 2. The fourth-order valence-electron chi connectivity index (χ4n) is 1.90. The Morgan fingerprint density at radius 3 is 2.71 bits per heavy atom. The van der Waals surface area contributed by atoms with Crippen LogP contribution in [-0.4, -0.2) is 25.1 Å². The van der Waals surface area contributed by atoms with Crippen LogP contribution in [0.25, 0.3) is 10.6 Å². The second-order valence-electron chi connectivity index (χ2n) is 4.53. The summed E-state index contributed by atoms with van der Waals surface area (Å²) < 4.78 is 2.79. The quantitative estimate of drug-likeness (QED) is 0.755. The van der Waals surface area contributed by atoms with E-state index >= 15 is 0 Å². The van der Waals surface area contributed by atoms with E-state index in [0.29, 0.717) is 12.2 Å². The van der Waals surface area contributed by atoms with Crippen molar-refractivity contribution >= 4 is 27.3 Å². The lowest BCUT2D eigenvalue weighted by atomic mass is 10.2. The third kappa shape index (κ3) is 3.55. The Morgan fingerprint density at radius 2 is 2.00 bits per heavy atom. The fraction of sp³-hybridized carbons (Fsp3) is 0.214. The van der Waals surface area contributed by atoms with Crippen molar-refractivity contribution in [2.24, 2.45) is 0 Å². The van der Waals surface area contributed by atoms with Crippen molar-refractivity contribution in [3.8, 4) is 10.6 Å². The molecule has 0 atom stereocenters. The standard InChI is InChI=1S/C14H13BrN4OS/c15-11-3-1-10(2-4-11)14-16-12(9-21-14)5-6-19-7-13(8-20)17-18-19/h1-4,7,9,20H,5-6,8H2. The zero-order valence-electron chi connectivity index (χ0n) is 11.1. The van der Waals surface area contributed by atoms with Gasteiger partial charge in [-0.2, -0.15) is 0 Å². The number of aliphatic hydroxyl groups excluding tert-OH is 1. The molecule has 7 heteroatoms. The molecule has 0 radical (unpaired) electrons. The van der Waals surface area contributed by atoms with Crippen LogP contribution in [0.15, 0.2) is 40.3 Å². The van der Waals surface area contributed by atoms with Gasteiger partial charge in [0.05, 0.1) is 18.5 Å². The molecule has 0 unspecified atom stereocenters. The molecule has 1 N–H and O–H groups in total. The summed E-state index contributed by atoms with van der Waals surface area (Å²) in [5, 5.41) is 19.8. The number of aromatic nitrogens is 4. The second-order valence-corrected chi connectivity index (χ2v) is 6.31. The molecular formula is C14H13BrN4OS. The van der Waals surface area contributed by atoms with Crippen molar-refractivity contribution in [1.29, 1.82) is 0 Å². The van der Waals surface area contributed by atoms with Gasteiger partial charge in [-0.15, -0.1) is 16.4 Å². The average Bonchev–Trinajstić information content (AvgIpc) is 3.15. The number of nitrogens with zero attached hydrogens (tertiary/aromatic N) is 4. The van der Waals surface area contributed by atoms with Gasteiger partial charge in [0.1, 0.15) is 10.7 Å². The summed E-state index contributed by atoms with van der Waals surface area (Å²) in [5.74, 6) is 0. The summed E-state index contributed by atoms with van der Waals surface area (Å²) in [6.45, 7) is 0.626. The van der Waals surface area contributed by atoms with Crippen molar-refractivity contribution in [2.45, 2.75) is 19.6 Å². The van der Waals surface area contributed by atoms with Crippen molar-refractivity contribution in [2.75, 3.05) is 0 Å². The summed E-state index contributed by atoms with van der Waals surface area (Å²) in [7, 11) is 0. The highest BCUT2D eigenvalue weighted by Gasteiger charge is 2.06. The van der Waals surface area contributed by atoms with E-state index in [1.807, 2.05) is 12.1 Å². The topological polar surface area (TPSA) is 63.8 Å². The Bertz CT molecular complexity index is 723. The van der Waals surface area contributed by atoms with E-state index in [1.54, 1.807) is 22.2 Å². The van der Waals surface area contributed by atoms with Crippen LogP contribution in [0.4, 0.5) is 0 Å². The molecule has 5 nitrogen and oxygen atoms in total. The summed E-state index contributed by atoms with van der Waals surface area (Å²) in [6, 6.07) is 8.14. The van der Waals surface area contributed by atoms with E-state index in [1.165, 1.54) is 0 Å². The predicted octanol–water partition coefficient (Wildman–Crippen LogP) is 2.90. The van der Waals surface area contributed by atoms with Gasteiger partial charge in [0.2, 0.25) is 0 Å². The largest absolute Gasteiger partial charge is 0.390 e. The minimum Gasteiger partial charge on any atom is -0.390 e. The van der Waals surface area contributed by atoms with Crippen LogP contribution >= 0.6 is 27.3 Å². The fourth-order valence-corrected chi connectivity index (χ4v) is 3.02. The van der Waals surface area contributed by atoms with Gasteiger partial charge in [-0.1, -0.05) is 33.3 Å². The van der Waals surface area contributed by atoms with E-state index in [9.17, 15) is 0 Å². The lowest BCUT2D eigenvalue weighted by molar-refractivity contribution is 0.276. The molecule has 0 saturated carbocycles. The van der Waals surface area contributed by atoms with E-state index in [0.717, 1.165) is 27.2 Å². The van der Waals surface area contributed by atoms with Crippen LogP contribution in [-0.2, 0) is 19.6 Å². The molecule has 0 amide bonds. The molecule has 1 aromatic carbocycles. The van der Waals surface area contributed by atoms with Gasteiger partial charge in [0, 0.05) is 28.4 Å². The van der Waals surface area contributed by atoms with Gasteiger partial charge >= 0.3 is 0 Å². The third-order valence-electron chi connectivity index (χ3n) is 2.99. The van der Waals surface area contributed by atoms with Gasteiger partial charge < -0.3 is 5.11 Å². The lowest BCUT2D eigenvalue weighted by Crippen LogP contribution is -2.02. The number of hydrogen-bond donors (Lipinski definition) is 1. The number of benzene rings is 1. The number of thiazole rings is 1. The molecule has 3 rings (SSSR count). The Morgan fingerprint density at radius 1 is 1.19 bits per heavy atom. The Hall–Kier alpha value is -1.57. The number of halogens is 1. The van der Waals surface area contributed by atoms with E-state index < -0.39 is 0 Å². The van der Waals surface area contributed by atoms with Gasteiger partial charge in [0.15, 0.2) is 0 Å². The van der Waals surface area contributed by atoms with E-state index in [2.05, 4.69) is 48.7 Å². The van der Waals surface area contributed by atoms with Crippen LogP contribution < -0.4 is 0 Å². The Balaban J connectivity index is 1.66. The van der Waals surface area contributed by atoms with Crippen LogP contribution in [0.1, 0.15) is 11.4 Å². The van der Waals surface area contributed by atoms with Gasteiger partial charge in [-0.3, -0.25) is 4.68 Å². The zero-order chi connectivity index (χ0) is 14.7. The third-order valence-corrected chi connectivity index (χ3v) is 4.46. The molecule has 0 aliphatic heterocycles. The van der Waals surface area contributed by atoms with Crippen molar-refractivity contribution in [3.05, 3.63) is 51.7 Å². The van der Waals surface area contributed by atoms with E-state index in [-0.39, 0.29) is 6.61 Å². The van der Waals surface area contributed by atoms with Crippen molar-refractivity contribution in [1.82, 2.24) is 20.0 Å². The molecule has 0 fully saturated rings. The smallest absolute Gasteiger partial charge is 0.123 e. The maximum atomic E-state index is 8.96. The van der Waals surface area contributed by atoms with Crippen LogP contribution in [0.2, 0.25) is 0 Å². The maximum Gasteiger partial charge on any atom is 0.123 e. The van der Waals surface area contributed by atoms with Crippen LogP contribution in [0.3, 0.4) is 0 Å². The first kappa shape index (κ1) is 14.4. The molecule has 0 saturated heterocycles. The molecule has 21 heavy (non-hydrogen) atoms. The first-order valence-corrected chi connectivity index (χ1v) is 8.12. The normalized spacial score (nSPS) is 11.0. The van der Waals surface area contributed by atoms with Crippen LogP contribution in [0.5, 0.6) is 0 Å². The minimum absolute atomic E-state index is 0.0790. The van der Waals surface area contributed by atoms with Crippen molar-refractivity contribution in [3.63, 3.8) is 0 Å². The summed E-state index contributed by atoms with van der Waals surface area (Å²) in [5.41, 5.74) is 2.75. The Kier molecular flexibility index (Phi) is 4.42. The first-order chi connectivity index (χ1) is 10.2. The summed E-state index contributed by atoms with van der Waals surface area (Å²) >= 11 is 5.07. The Labute approximate surface area is 134 Å². The molecule has 0 spiro atoms. The van der Waals surface area contributed by atoms with E-state index in [4.69, 9.17) is 5.11 Å². The monoisotopic (exact) mass is 364 g/mol. The summed E-state index contributed by atoms with van der Waals surface area (Å²) in [4.78, 5) is 4.64. The van der Waals surface area contributed by atoms with Gasteiger partial charge in [-0.25, -0.2) is 4.98 Å². The molecule has 2 heterocycles. The number of rotatable bonds is 5. The molecule has 3 aromatic rings. The number of hydrogen-bond acceptors (Lipinski definition) is 5. The number of aliphatic hydroxyl groups is 1. The van der Waals surface area contributed by atoms with Crippen LogP contribution in [0, 0.1) is 0 Å². The SMILES string of the molecule is OCc1cn(CCc2csc(-c3ccc(Br)cc3)n2)nn1. The highest BCUT2D eigenvalue weighted by Crippen LogP contribution is 2.25. The second kappa shape index (κ2) is 6.46. The summed E-state index contributed by atoms with van der Waals surface area (Å²) in [6.07, 6.45) is 2.54. The highest BCUT2D eigenvalue weighted by molar-refractivity contribution is 9.10. The predicted molar refractivity (Wildman–Crippen MR) is 84.9 cm³/mol. The molecule has 108 valence electrons. The molecule has 2 aromatic heterocycles. The average molecular weight is 365 g/mol. The molecule has 0 aliphatic rings. The van der Waals surface area contributed by atoms with Crippen molar-refractivity contribution < 1.29 is 5.11 Å². The van der Waals surface area contributed by atoms with Gasteiger partial charge in [-0.05, 0) is 12.1 Å². The minimum atomic E-state index is -0.0790. The molecule has 0 bridgehead atoms. The maximum absolute atomic E-state index is 8.96. The highest BCUT2D eigenvalue weighted by atomic mass is 79.9. The molecular weight excluding hydrogens is 352 g/mol. The first-order valence-electron chi connectivity index (χ1n) is 6.45. The molecule has 0 aliphatic carbocycles.